The standard InChI is InChI=1S/C24H26F3N/c25-24(26,27)23-8-2-7-22(17-23)20-11-14-28(15-12-20)13-3-4-18-9-10-19-5-1-6-21(19)16-18/h2,7-11,16-17H,1,3-6,12-15H2. The van der Waals surface area contributed by atoms with E-state index in [4.69, 9.17) is 0 Å². The number of hydrogen-bond donors (Lipinski definition) is 0. The lowest BCUT2D eigenvalue weighted by Gasteiger charge is -2.26. The Morgan fingerprint density at radius 2 is 1.79 bits per heavy atom. The van der Waals surface area contributed by atoms with E-state index in [1.807, 2.05) is 0 Å². The van der Waals surface area contributed by atoms with E-state index in [0.717, 1.165) is 50.5 Å². The van der Waals surface area contributed by atoms with Crippen molar-refractivity contribution in [3.8, 4) is 0 Å². The fourth-order valence-electron chi connectivity index (χ4n) is 4.36. The minimum atomic E-state index is -4.28. The summed E-state index contributed by atoms with van der Waals surface area (Å²) in [7, 11) is 0. The van der Waals surface area contributed by atoms with Crippen LogP contribution in [0, 0.1) is 0 Å². The number of rotatable bonds is 5. The number of aryl methyl sites for hydroxylation is 3. The molecule has 1 nitrogen and oxygen atoms in total. The van der Waals surface area contributed by atoms with Gasteiger partial charge in [-0.2, -0.15) is 13.2 Å². The molecule has 28 heavy (non-hydrogen) atoms. The topological polar surface area (TPSA) is 3.24 Å². The lowest BCUT2D eigenvalue weighted by atomic mass is 9.97. The maximum Gasteiger partial charge on any atom is 0.416 e. The van der Waals surface area contributed by atoms with Gasteiger partial charge >= 0.3 is 6.18 Å². The minimum Gasteiger partial charge on any atom is -0.299 e. The molecular weight excluding hydrogens is 359 g/mol. The van der Waals surface area contributed by atoms with Gasteiger partial charge in [0.2, 0.25) is 0 Å². The summed E-state index contributed by atoms with van der Waals surface area (Å²) in [5.41, 5.74) is 5.64. The summed E-state index contributed by atoms with van der Waals surface area (Å²) in [5, 5.41) is 0. The molecule has 0 N–H and O–H groups in total. The van der Waals surface area contributed by atoms with Crippen LogP contribution < -0.4 is 0 Å². The number of nitrogens with zero attached hydrogens (tertiary/aromatic N) is 1. The van der Waals surface area contributed by atoms with Crippen molar-refractivity contribution in [1.29, 1.82) is 0 Å². The zero-order valence-electron chi connectivity index (χ0n) is 16.1. The monoisotopic (exact) mass is 385 g/mol. The first-order valence-electron chi connectivity index (χ1n) is 10.2. The molecule has 2 aliphatic rings. The van der Waals surface area contributed by atoms with Crippen LogP contribution in [0.2, 0.25) is 0 Å². The van der Waals surface area contributed by atoms with Gasteiger partial charge in [0.25, 0.3) is 0 Å². The molecule has 2 aromatic carbocycles. The quantitative estimate of drug-likeness (QED) is 0.618. The van der Waals surface area contributed by atoms with Gasteiger partial charge in [-0.05, 0) is 85.0 Å². The normalized spacial score (nSPS) is 17.5. The molecule has 4 heteroatoms. The SMILES string of the molecule is FC(F)(F)c1cccc(C2=CCN(CCCc3ccc4c(c3)CCC4)CC2)c1. The predicted molar refractivity (Wildman–Crippen MR) is 107 cm³/mol. The summed E-state index contributed by atoms with van der Waals surface area (Å²) in [6.45, 7) is 2.76. The van der Waals surface area contributed by atoms with E-state index in [0.29, 0.717) is 5.56 Å². The third kappa shape index (κ3) is 4.49. The average molecular weight is 385 g/mol. The van der Waals surface area contributed by atoms with E-state index in [2.05, 4.69) is 29.2 Å². The van der Waals surface area contributed by atoms with Crippen molar-refractivity contribution in [3.63, 3.8) is 0 Å². The Morgan fingerprint density at radius 3 is 2.57 bits per heavy atom. The molecule has 0 aromatic heterocycles. The van der Waals surface area contributed by atoms with Crippen molar-refractivity contribution >= 4 is 5.57 Å². The molecule has 0 saturated heterocycles. The van der Waals surface area contributed by atoms with Gasteiger partial charge in [0.15, 0.2) is 0 Å². The van der Waals surface area contributed by atoms with Gasteiger partial charge in [0.05, 0.1) is 5.56 Å². The third-order valence-electron chi connectivity index (χ3n) is 5.96. The number of benzene rings is 2. The number of alkyl halides is 3. The molecular formula is C24H26F3N. The summed E-state index contributed by atoms with van der Waals surface area (Å²) in [6.07, 6.45) is 4.55. The highest BCUT2D eigenvalue weighted by Crippen LogP contribution is 2.32. The van der Waals surface area contributed by atoms with Gasteiger partial charge in [-0.15, -0.1) is 0 Å². The Morgan fingerprint density at radius 1 is 0.929 bits per heavy atom. The molecule has 2 aromatic rings. The van der Waals surface area contributed by atoms with Crippen molar-refractivity contribution in [2.45, 2.75) is 44.7 Å². The second-order valence-corrected chi connectivity index (χ2v) is 7.92. The lowest BCUT2D eigenvalue weighted by molar-refractivity contribution is -0.137. The van der Waals surface area contributed by atoms with E-state index < -0.39 is 11.7 Å². The van der Waals surface area contributed by atoms with Crippen LogP contribution >= 0.6 is 0 Å². The molecule has 0 spiro atoms. The second-order valence-electron chi connectivity index (χ2n) is 7.92. The Kier molecular flexibility index (Phi) is 5.58. The zero-order valence-corrected chi connectivity index (χ0v) is 16.1. The molecule has 0 radical (unpaired) electrons. The molecule has 4 rings (SSSR count). The van der Waals surface area contributed by atoms with Gasteiger partial charge in [0, 0.05) is 13.1 Å². The lowest BCUT2D eigenvalue weighted by Crippen LogP contribution is -2.29. The van der Waals surface area contributed by atoms with Crippen molar-refractivity contribution < 1.29 is 13.2 Å². The summed E-state index contributed by atoms with van der Waals surface area (Å²) in [4.78, 5) is 2.39. The van der Waals surface area contributed by atoms with Crippen LogP contribution in [-0.4, -0.2) is 24.5 Å². The molecule has 0 atom stereocenters. The largest absolute Gasteiger partial charge is 0.416 e. The number of fused-ring (bicyclic) bond motifs is 1. The zero-order chi connectivity index (χ0) is 19.6. The highest BCUT2D eigenvalue weighted by atomic mass is 19.4. The summed E-state index contributed by atoms with van der Waals surface area (Å²) >= 11 is 0. The molecule has 1 heterocycles. The first kappa shape index (κ1) is 19.3. The minimum absolute atomic E-state index is 0.567. The molecule has 0 unspecified atom stereocenters. The summed E-state index contributed by atoms with van der Waals surface area (Å²) in [6, 6.07) is 12.6. The van der Waals surface area contributed by atoms with Gasteiger partial charge in [-0.1, -0.05) is 36.4 Å². The van der Waals surface area contributed by atoms with E-state index in [-0.39, 0.29) is 0 Å². The maximum atomic E-state index is 12.9. The van der Waals surface area contributed by atoms with Crippen LogP contribution in [0.1, 0.15) is 47.1 Å². The van der Waals surface area contributed by atoms with Gasteiger partial charge < -0.3 is 0 Å². The van der Waals surface area contributed by atoms with E-state index >= 15 is 0 Å². The van der Waals surface area contributed by atoms with E-state index in [1.54, 1.807) is 6.07 Å². The van der Waals surface area contributed by atoms with Crippen LogP contribution in [0.4, 0.5) is 13.2 Å². The summed E-state index contributed by atoms with van der Waals surface area (Å²) < 4.78 is 38.8. The third-order valence-corrected chi connectivity index (χ3v) is 5.96. The van der Waals surface area contributed by atoms with Crippen LogP contribution in [0.25, 0.3) is 5.57 Å². The Balaban J connectivity index is 1.30. The van der Waals surface area contributed by atoms with Crippen LogP contribution in [-0.2, 0) is 25.4 Å². The molecule has 1 aliphatic carbocycles. The molecule has 0 bridgehead atoms. The van der Waals surface area contributed by atoms with Crippen molar-refractivity contribution in [1.82, 2.24) is 4.90 Å². The number of halogens is 3. The van der Waals surface area contributed by atoms with Crippen LogP contribution in [0.5, 0.6) is 0 Å². The van der Waals surface area contributed by atoms with Crippen LogP contribution in [0.15, 0.2) is 48.5 Å². The van der Waals surface area contributed by atoms with Crippen molar-refractivity contribution in [3.05, 3.63) is 76.4 Å². The second kappa shape index (κ2) is 8.12. The fraction of sp³-hybridized carbons (Fsp3) is 0.417. The average Bonchev–Trinajstić information content (AvgIpc) is 3.16. The molecule has 0 amide bonds. The highest BCUT2D eigenvalue weighted by Gasteiger charge is 2.30. The van der Waals surface area contributed by atoms with Gasteiger partial charge in [-0.3, -0.25) is 4.90 Å². The fourth-order valence-corrected chi connectivity index (χ4v) is 4.36. The molecule has 0 fully saturated rings. The first-order valence-corrected chi connectivity index (χ1v) is 10.2. The van der Waals surface area contributed by atoms with Gasteiger partial charge in [-0.25, -0.2) is 0 Å². The summed E-state index contributed by atoms with van der Waals surface area (Å²) in [5.74, 6) is 0. The molecule has 148 valence electrons. The molecule has 1 aliphatic heterocycles. The van der Waals surface area contributed by atoms with Gasteiger partial charge in [0.1, 0.15) is 0 Å². The van der Waals surface area contributed by atoms with E-state index in [1.165, 1.54) is 48.1 Å². The van der Waals surface area contributed by atoms with Crippen LogP contribution in [0.3, 0.4) is 0 Å². The molecule has 0 saturated carbocycles. The van der Waals surface area contributed by atoms with E-state index in [9.17, 15) is 13.2 Å². The first-order chi connectivity index (χ1) is 13.5. The van der Waals surface area contributed by atoms with Crippen molar-refractivity contribution in [2.24, 2.45) is 0 Å². The Bertz CT molecular complexity index is 866. The Labute approximate surface area is 164 Å². The predicted octanol–water partition coefficient (Wildman–Crippen LogP) is 5.92. The highest BCUT2D eigenvalue weighted by molar-refractivity contribution is 5.67. The Hall–Kier alpha value is -2.07. The maximum absolute atomic E-state index is 12.9. The number of hydrogen-bond acceptors (Lipinski definition) is 1. The van der Waals surface area contributed by atoms with Crippen molar-refractivity contribution in [2.75, 3.05) is 19.6 Å². The smallest absolute Gasteiger partial charge is 0.299 e.